The summed E-state index contributed by atoms with van der Waals surface area (Å²) in [7, 11) is 2.32. The number of nitrogens with one attached hydrogen (secondary N) is 1. The number of hydrogen-bond donors (Lipinski definition) is 1. The highest BCUT2D eigenvalue weighted by atomic mass is 15.2. The topological polar surface area (TPSA) is 15.3 Å². The van der Waals surface area contributed by atoms with E-state index in [1.165, 1.54) is 43.4 Å². The molecule has 0 spiro atoms. The van der Waals surface area contributed by atoms with E-state index >= 15 is 0 Å². The van der Waals surface area contributed by atoms with Crippen molar-refractivity contribution in [2.24, 2.45) is 0 Å². The Morgan fingerprint density at radius 3 is 2.28 bits per heavy atom. The Kier molecular flexibility index (Phi) is 3.29. The lowest BCUT2D eigenvalue weighted by Crippen LogP contribution is -2.52. The Morgan fingerprint density at radius 1 is 1.06 bits per heavy atom. The van der Waals surface area contributed by atoms with Gasteiger partial charge in [0.1, 0.15) is 0 Å². The van der Waals surface area contributed by atoms with Crippen molar-refractivity contribution in [2.45, 2.75) is 57.2 Å². The van der Waals surface area contributed by atoms with Crippen molar-refractivity contribution in [3.05, 3.63) is 29.8 Å². The van der Waals surface area contributed by atoms with E-state index in [1.54, 1.807) is 0 Å². The molecule has 2 heteroatoms. The zero-order valence-corrected chi connectivity index (χ0v) is 11.5. The highest BCUT2D eigenvalue weighted by Crippen LogP contribution is 2.33. The van der Waals surface area contributed by atoms with E-state index in [4.69, 9.17) is 0 Å². The third-order valence-corrected chi connectivity index (χ3v) is 4.76. The van der Waals surface area contributed by atoms with Crippen LogP contribution in [0.4, 0.5) is 5.69 Å². The molecular weight excluding hydrogens is 220 g/mol. The van der Waals surface area contributed by atoms with Gasteiger partial charge in [-0.1, -0.05) is 24.1 Å². The molecular formula is C16H24N2. The highest BCUT2D eigenvalue weighted by molar-refractivity contribution is 5.45. The summed E-state index contributed by atoms with van der Waals surface area (Å²) in [5, 5.41) is 3.73. The summed E-state index contributed by atoms with van der Waals surface area (Å²) < 4.78 is 0. The molecule has 2 fully saturated rings. The molecule has 18 heavy (non-hydrogen) atoms. The fraction of sp³-hybridized carbons (Fsp3) is 0.625. The van der Waals surface area contributed by atoms with Gasteiger partial charge in [0, 0.05) is 23.8 Å². The lowest BCUT2D eigenvalue weighted by atomic mass is 9.82. The van der Waals surface area contributed by atoms with Crippen LogP contribution in [0.2, 0.25) is 0 Å². The maximum Gasteiger partial charge on any atom is 0.0342 e. The number of piperidine rings is 2. The van der Waals surface area contributed by atoms with Gasteiger partial charge in [0.15, 0.2) is 0 Å². The second-order valence-electron chi connectivity index (χ2n) is 6.08. The maximum absolute atomic E-state index is 3.73. The average Bonchev–Trinajstić information content (AvgIpc) is 2.33. The molecule has 2 nitrogen and oxygen atoms in total. The normalized spacial score (nSPS) is 32.2. The lowest BCUT2D eigenvalue weighted by Gasteiger charge is -2.47. The Bertz CT molecular complexity index is 384. The first kappa shape index (κ1) is 12.0. The Hall–Kier alpha value is -1.02. The third-order valence-electron chi connectivity index (χ3n) is 4.76. The van der Waals surface area contributed by atoms with Crippen LogP contribution in [0.1, 0.15) is 37.7 Å². The number of aryl methyl sites for hydroxylation is 1. The second-order valence-corrected chi connectivity index (χ2v) is 6.08. The van der Waals surface area contributed by atoms with E-state index in [2.05, 4.69) is 48.5 Å². The third kappa shape index (κ3) is 2.39. The Balaban J connectivity index is 1.66. The van der Waals surface area contributed by atoms with Crippen LogP contribution in [0.5, 0.6) is 0 Å². The minimum Gasteiger partial charge on any atom is -0.382 e. The molecule has 1 N–H and O–H groups in total. The van der Waals surface area contributed by atoms with Gasteiger partial charge in [-0.25, -0.2) is 0 Å². The van der Waals surface area contributed by atoms with Crippen LogP contribution in [0.3, 0.4) is 0 Å². The number of anilines is 1. The minimum atomic E-state index is 0.666. The van der Waals surface area contributed by atoms with Crippen LogP contribution in [0.25, 0.3) is 0 Å². The van der Waals surface area contributed by atoms with Crippen LogP contribution >= 0.6 is 0 Å². The first-order chi connectivity index (χ1) is 8.72. The fourth-order valence-corrected chi connectivity index (χ4v) is 3.62. The van der Waals surface area contributed by atoms with E-state index in [-0.39, 0.29) is 0 Å². The van der Waals surface area contributed by atoms with Crippen LogP contribution in [0.15, 0.2) is 24.3 Å². The number of rotatable bonds is 2. The van der Waals surface area contributed by atoms with E-state index < -0.39 is 0 Å². The van der Waals surface area contributed by atoms with Gasteiger partial charge in [0.2, 0.25) is 0 Å². The zero-order valence-electron chi connectivity index (χ0n) is 11.5. The number of nitrogens with zero attached hydrogens (tertiary/aromatic N) is 1. The standard InChI is InChI=1S/C16H24N2/c1-12-6-8-13(9-7-12)17-14-10-15-4-3-5-16(11-14)18(15)2/h6-9,14-17H,3-5,10-11H2,1-2H3/t14?,15-,16?/m1/s1. The van der Waals surface area contributed by atoms with Gasteiger partial charge >= 0.3 is 0 Å². The SMILES string of the molecule is Cc1ccc(NC2CC3CCC[C@H](C2)N3C)cc1. The van der Waals surface area contributed by atoms with Gasteiger partial charge < -0.3 is 10.2 Å². The lowest BCUT2D eigenvalue weighted by molar-refractivity contribution is 0.0608. The van der Waals surface area contributed by atoms with Gasteiger partial charge in [-0.15, -0.1) is 0 Å². The molecule has 0 radical (unpaired) electrons. The molecule has 3 rings (SSSR count). The molecule has 98 valence electrons. The molecule has 2 bridgehead atoms. The van der Waals surface area contributed by atoms with Crippen molar-refractivity contribution >= 4 is 5.69 Å². The van der Waals surface area contributed by atoms with Crippen molar-refractivity contribution in [1.29, 1.82) is 0 Å². The summed E-state index contributed by atoms with van der Waals surface area (Å²) in [6, 6.07) is 11.1. The molecule has 1 aromatic rings. The second kappa shape index (κ2) is 4.93. The van der Waals surface area contributed by atoms with E-state index in [1.807, 2.05) is 0 Å². The molecule has 3 atom stereocenters. The van der Waals surface area contributed by atoms with Crippen molar-refractivity contribution in [3.8, 4) is 0 Å². The van der Waals surface area contributed by atoms with E-state index in [9.17, 15) is 0 Å². The number of hydrogen-bond acceptors (Lipinski definition) is 2. The summed E-state index contributed by atoms with van der Waals surface area (Å²) in [6.45, 7) is 2.14. The molecule has 1 aromatic carbocycles. The Morgan fingerprint density at radius 2 is 1.67 bits per heavy atom. The van der Waals surface area contributed by atoms with Gasteiger partial charge in [-0.3, -0.25) is 0 Å². The summed E-state index contributed by atoms with van der Waals surface area (Å²) in [5.74, 6) is 0. The summed E-state index contributed by atoms with van der Waals surface area (Å²) in [4.78, 5) is 2.62. The predicted molar refractivity (Wildman–Crippen MR) is 77.0 cm³/mol. The Labute approximate surface area is 110 Å². The minimum absolute atomic E-state index is 0.666. The average molecular weight is 244 g/mol. The number of benzene rings is 1. The molecule has 0 amide bonds. The summed E-state index contributed by atoms with van der Waals surface area (Å²) in [6.07, 6.45) is 6.82. The van der Waals surface area contributed by atoms with Gasteiger partial charge in [0.05, 0.1) is 0 Å². The molecule has 2 saturated heterocycles. The van der Waals surface area contributed by atoms with E-state index in [0.717, 1.165) is 12.1 Å². The highest BCUT2D eigenvalue weighted by Gasteiger charge is 2.35. The van der Waals surface area contributed by atoms with Crippen LogP contribution in [-0.4, -0.2) is 30.1 Å². The van der Waals surface area contributed by atoms with Crippen molar-refractivity contribution in [2.75, 3.05) is 12.4 Å². The predicted octanol–water partition coefficient (Wildman–Crippen LogP) is 3.42. The fourth-order valence-electron chi connectivity index (χ4n) is 3.62. The monoisotopic (exact) mass is 244 g/mol. The molecule has 0 aliphatic carbocycles. The first-order valence-corrected chi connectivity index (χ1v) is 7.27. The molecule has 2 aliphatic rings. The molecule has 0 aromatic heterocycles. The van der Waals surface area contributed by atoms with Gasteiger partial charge in [-0.05, 0) is 51.8 Å². The zero-order chi connectivity index (χ0) is 12.5. The summed E-state index contributed by atoms with van der Waals surface area (Å²) >= 11 is 0. The molecule has 0 saturated carbocycles. The summed E-state index contributed by atoms with van der Waals surface area (Å²) in [5.41, 5.74) is 2.62. The molecule has 2 aliphatic heterocycles. The van der Waals surface area contributed by atoms with Crippen LogP contribution < -0.4 is 5.32 Å². The van der Waals surface area contributed by atoms with Crippen molar-refractivity contribution in [1.82, 2.24) is 4.90 Å². The van der Waals surface area contributed by atoms with Gasteiger partial charge in [-0.2, -0.15) is 0 Å². The largest absolute Gasteiger partial charge is 0.382 e. The molecule has 2 unspecified atom stereocenters. The van der Waals surface area contributed by atoms with E-state index in [0.29, 0.717) is 6.04 Å². The smallest absolute Gasteiger partial charge is 0.0342 e. The first-order valence-electron chi connectivity index (χ1n) is 7.27. The van der Waals surface area contributed by atoms with Crippen LogP contribution in [-0.2, 0) is 0 Å². The number of fused-ring (bicyclic) bond motifs is 2. The molecule has 2 heterocycles. The van der Waals surface area contributed by atoms with Crippen LogP contribution in [0, 0.1) is 6.92 Å². The van der Waals surface area contributed by atoms with Crippen molar-refractivity contribution in [3.63, 3.8) is 0 Å². The maximum atomic E-state index is 3.73. The quantitative estimate of drug-likeness (QED) is 0.857. The van der Waals surface area contributed by atoms with Crippen molar-refractivity contribution < 1.29 is 0 Å². The van der Waals surface area contributed by atoms with Gasteiger partial charge in [0.25, 0.3) is 0 Å².